The molecule has 0 aliphatic carbocycles. The second kappa shape index (κ2) is 8.84. The fourth-order valence-corrected chi connectivity index (χ4v) is 2.75. The lowest BCUT2D eigenvalue weighted by atomic mass is 10.2. The first-order valence-electron chi connectivity index (χ1n) is 7.13. The third kappa shape index (κ3) is 5.98. The number of thioether (sulfide) groups is 1. The van der Waals surface area contributed by atoms with Crippen molar-refractivity contribution in [1.82, 2.24) is 0 Å². The topological polar surface area (TPSA) is 58.2 Å². The molecule has 126 valence electrons. The zero-order chi connectivity index (χ0) is 17.5. The van der Waals surface area contributed by atoms with Crippen LogP contribution < -0.4 is 10.6 Å². The molecule has 0 radical (unpaired) electrons. The maximum absolute atomic E-state index is 12.8. The van der Waals surface area contributed by atoms with Crippen LogP contribution in [0.3, 0.4) is 0 Å². The lowest BCUT2D eigenvalue weighted by Gasteiger charge is -2.07. The zero-order valence-electron chi connectivity index (χ0n) is 12.9. The molecule has 2 aromatic rings. The zero-order valence-corrected chi connectivity index (χ0v) is 15.3. The predicted octanol–water partition coefficient (Wildman–Crippen LogP) is 4.21. The van der Waals surface area contributed by atoms with Crippen LogP contribution in [-0.4, -0.2) is 23.3 Å². The van der Waals surface area contributed by atoms with E-state index in [1.165, 1.54) is 36.0 Å². The van der Waals surface area contributed by atoms with Crippen molar-refractivity contribution in [2.24, 2.45) is 0 Å². The molecule has 0 aliphatic rings. The Morgan fingerprint density at radius 2 is 1.54 bits per heavy atom. The third-order valence-electron chi connectivity index (χ3n) is 3.04. The Balaban J connectivity index is 1.72. The summed E-state index contributed by atoms with van der Waals surface area (Å²) in [4.78, 5) is 23.6. The summed E-state index contributed by atoms with van der Waals surface area (Å²) in [5, 5.41) is 5.43. The van der Waals surface area contributed by atoms with E-state index in [9.17, 15) is 14.0 Å². The van der Waals surface area contributed by atoms with E-state index >= 15 is 0 Å². The Hall–Kier alpha value is -1.86. The van der Waals surface area contributed by atoms with Crippen molar-refractivity contribution in [3.63, 3.8) is 0 Å². The molecule has 0 fully saturated rings. The van der Waals surface area contributed by atoms with Gasteiger partial charge in [-0.15, -0.1) is 11.8 Å². The standard InChI is InChI=1S/C17H16BrFN2O2S/c1-11-8-14(6-7-15(11)18)21-17(23)10-24-9-16(22)20-13-4-2-12(19)3-5-13/h2-8H,9-10H2,1H3,(H,20,22)(H,21,23). The molecule has 0 aliphatic heterocycles. The van der Waals surface area contributed by atoms with Gasteiger partial charge in [-0.2, -0.15) is 0 Å². The van der Waals surface area contributed by atoms with E-state index in [2.05, 4.69) is 26.6 Å². The van der Waals surface area contributed by atoms with Crippen molar-refractivity contribution in [2.75, 3.05) is 22.1 Å². The Labute approximate surface area is 152 Å². The first kappa shape index (κ1) is 18.5. The molecule has 0 aromatic heterocycles. The minimum atomic E-state index is -0.359. The maximum atomic E-state index is 12.8. The number of nitrogens with one attached hydrogen (secondary N) is 2. The molecule has 2 aromatic carbocycles. The number of halogens is 2. The third-order valence-corrected chi connectivity index (χ3v) is 4.86. The maximum Gasteiger partial charge on any atom is 0.234 e. The van der Waals surface area contributed by atoms with Gasteiger partial charge in [-0.25, -0.2) is 4.39 Å². The highest BCUT2D eigenvalue weighted by molar-refractivity contribution is 9.10. The van der Waals surface area contributed by atoms with Gasteiger partial charge in [-0.05, 0) is 55.0 Å². The normalized spacial score (nSPS) is 10.3. The molecule has 4 nitrogen and oxygen atoms in total. The van der Waals surface area contributed by atoms with Crippen LogP contribution in [0.15, 0.2) is 46.9 Å². The summed E-state index contributed by atoms with van der Waals surface area (Å²) >= 11 is 4.61. The highest BCUT2D eigenvalue weighted by Crippen LogP contribution is 2.20. The monoisotopic (exact) mass is 410 g/mol. The lowest BCUT2D eigenvalue weighted by molar-refractivity contribution is -0.114. The SMILES string of the molecule is Cc1cc(NC(=O)CSCC(=O)Nc2ccc(F)cc2)ccc1Br. The first-order valence-corrected chi connectivity index (χ1v) is 9.08. The fourth-order valence-electron chi connectivity index (χ4n) is 1.89. The lowest BCUT2D eigenvalue weighted by Crippen LogP contribution is -2.18. The molecule has 0 saturated heterocycles. The van der Waals surface area contributed by atoms with E-state index in [0.29, 0.717) is 5.69 Å². The average Bonchev–Trinajstić information content (AvgIpc) is 2.53. The summed E-state index contributed by atoms with van der Waals surface area (Å²) in [7, 11) is 0. The number of benzene rings is 2. The summed E-state index contributed by atoms with van der Waals surface area (Å²) in [6.45, 7) is 1.94. The van der Waals surface area contributed by atoms with Gasteiger partial charge < -0.3 is 10.6 Å². The van der Waals surface area contributed by atoms with E-state index in [4.69, 9.17) is 0 Å². The molecular weight excluding hydrogens is 395 g/mol. The molecule has 0 bridgehead atoms. The molecule has 7 heteroatoms. The van der Waals surface area contributed by atoms with E-state index in [1.807, 2.05) is 19.1 Å². The van der Waals surface area contributed by atoms with Crippen LogP contribution in [0.5, 0.6) is 0 Å². The van der Waals surface area contributed by atoms with E-state index in [1.54, 1.807) is 6.07 Å². The van der Waals surface area contributed by atoms with Crippen LogP contribution in [0.2, 0.25) is 0 Å². The molecule has 0 saturated carbocycles. The van der Waals surface area contributed by atoms with E-state index < -0.39 is 0 Å². The summed E-state index contributed by atoms with van der Waals surface area (Å²) in [6, 6.07) is 11.1. The summed E-state index contributed by atoms with van der Waals surface area (Å²) in [6.07, 6.45) is 0. The number of carbonyl (C=O) groups excluding carboxylic acids is 2. The Bertz CT molecular complexity index is 738. The van der Waals surface area contributed by atoms with Gasteiger partial charge in [0.05, 0.1) is 11.5 Å². The molecule has 0 unspecified atom stereocenters. The smallest absolute Gasteiger partial charge is 0.234 e. The van der Waals surface area contributed by atoms with Crippen molar-refractivity contribution in [2.45, 2.75) is 6.92 Å². The van der Waals surface area contributed by atoms with Crippen molar-refractivity contribution >= 4 is 50.9 Å². The van der Waals surface area contributed by atoms with Gasteiger partial charge in [0.1, 0.15) is 5.82 Å². The van der Waals surface area contributed by atoms with Gasteiger partial charge in [0.25, 0.3) is 0 Å². The van der Waals surface area contributed by atoms with Gasteiger partial charge >= 0.3 is 0 Å². The van der Waals surface area contributed by atoms with Crippen LogP contribution in [0.1, 0.15) is 5.56 Å². The van der Waals surface area contributed by atoms with Gasteiger partial charge in [0, 0.05) is 15.8 Å². The molecule has 2 N–H and O–H groups in total. The highest BCUT2D eigenvalue weighted by Gasteiger charge is 2.07. The predicted molar refractivity (Wildman–Crippen MR) is 99.9 cm³/mol. The van der Waals surface area contributed by atoms with Crippen LogP contribution in [0.4, 0.5) is 15.8 Å². The number of anilines is 2. The number of rotatable bonds is 6. The molecule has 0 heterocycles. The number of hydrogen-bond acceptors (Lipinski definition) is 3. The molecule has 2 rings (SSSR count). The fraction of sp³-hybridized carbons (Fsp3) is 0.176. The second-order valence-electron chi connectivity index (χ2n) is 5.06. The Morgan fingerprint density at radius 3 is 2.12 bits per heavy atom. The van der Waals surface area contributed by atoms with Gasteiger partial charge in [0.2, 0.25) is 11.8 Å². The van der Waals surface area contributed by atoms with Gasteiger partial charge in [0.15, 0.2) is 0 Å². The number of amides is 2. The number of carbonyl (C=O) groups is 2. The molecule has 24 heavy (non-hydrogen) atoms. The van der Waals surface area contributed by atoms with Crippen LogP contribution in [0.25, 0.3) is 0 Å². The van der Waals surface area contributed by atoms with Crippen molar-refractivity contribution < 1.29 is 14.0 Å². The quantitative estimate of drug-likeness (QED) is 0.749. The summed E-state index contributed by atoms with van der Waals surface area (Å²) in [5.41, 5.74) is 2.27. The summed E-state index contributed by atoms with van der Waals surface area (Å²) < 4.78 is 13.8. The highest BCUT2D eigenvalue weighted by atomic mass is 79.9. The molecule has 0 spiro atoms. The molecule has 2 amide bonds. The largest absolute Gasteiger partial charge is 0.325 e. The number of hydrogen-bond donors (Lipinski definition) is 2. The first-order chi connectivity index (χ1) is 11.4. The van der Waals surface area contributed by atoms with Crippen LogP contribution >= 0.6 is 27.7 Å². The van der Waals surface area contributed by atoms with Crippen LogP contribution in [-0.2, 0) is 9.59 Å². The minimum absolute atomic E-state index is 0.143. The van der Waals surface area contributed by atoms with Crippen molar-refractivity contribution in [3.8, 4) is 0 Å². The molecular formula is C17H16BrFN2O2S. The Kier molecular flexibility index (Phi) is 6.81. The average molecular weight is 411 g/mol. The van der Waals surface area contributed by atoms with E-state index in [-0.39, 0.29) is 29.1 Å². The van der Waals surface area contributed by atoms with Crippen molar-refractivity contribution in [3.05, 3.63) is 58.3 Å². The van der Waals surface area contributed by atoms with Gasteiger partial charge in [-0.1, -0.05) is 15.9 Å². The minimum Gasteiger partial charge on any atom is -0.325 e. The summed E-state index contributed by atoms with van der Waals surface area (Å²) in [5.74, 6) is -0.451. The van der Waals surface area contributed by atoms with Gasteiger partial charge in [-0.3, -0.25) is 9.59 Å². The second-order valence-corrected chi connectivity index (χ2v) is 6.90. The Morgan fingerprint density at radius 1 is 1.00 bits per heavy atom. The number of aryl methyl sites for hydroxylation is 1. The van der Waals surface area contributed by atoms with Crippen molar-refractivity contribution in [1.29, 1.82) is 0 Å². The van der Waals surface area contributed by atoms with E-state index in [0.717, 1.165) is 15.7 Å². The van der Waals surface area contributed by atoms with Crippen LogP contribution in [0, 0.1) is 12.7 Å². The molecule has 0 atom stereocenters.